The quantitative estimate of drug-likeness (QED) is 0.696. The van der Waals surface area contributed by atoms with Crippen LogP contribution in [0.2, 0.25) is 0 Å². The third-order valence-corrected chi connectivity index (χ3v) is 4.13. The highest BCUT2D eigenvalue weighted by atomic mass is 35.5. The van der Waals surface area contributed by atoms with E-state index in [1.54, 1.807) is 26.5 Å². The fourth-order valence-electron chi connectivity index (χ4n) is 2.71. The average Bonchev–Trinajstić information content (AvgIpc) is 2.67. The van der Waals surface area contributed by atoms with Crippen molar-refractivity contribution in [3.63, 3.8) is 0 Å². The molecule has 0 spiro atoms. The van der Waals surface area contributed by atoms with Crippen molar-refractivity contribution in [3.05, 3.63) is 53.7 Å². The van der Waals surface area contributed by atoms with E-state index in [9.17, 15) is 5.26 Å². The summed E-state index contributed by atoms with van der Waals surface area (Å²) in [6.45, 7) is 2.12. The number of pyridine rings is 1. The first-order valence-electron chi connectivity index (χ1n) is 8.01. The van der Waals surface area contributed by atoms with Gasteiger partial charge >= 0.3 is 0 Å². The number of nitrogens with zero attached hydrogens (tertiary/aromatic N) is 2. The standard InChI is InChI=1S/C20H19N3O2.ClH/c1-4-13-5-7-15(8-6-13)23-20-14(11-21)12-22-17-10-19(25-3)18(24-2)9-16(17)20;/h5-10,12H,4H2,1-3H3,(H,22,23);1H. The summed E-state index contributed by atoms with van der Waals surface area (Å²) in [6.07, 6.45) is 2.55. The van der Waals surface area contributed by atoms with E-state index >= 15 is 0 Å². The van der Waals surface area contributed by atoms with Gasteiger partial charge < -0.3 is 14.8 Å². The number of anilines is 2. The van der Waals surface area contributed by atoms with Crippen molar-refractivity contribution in [1.29, 1.82) is 5.26 Å². The predicted octanol–water partition coefficient (Wildman–Crippen LogP) is 4.85. The molecule has 0 aliphatic heterocycles. The summed E-state index contributed by atoms with van der Waals surface area (Å²) in [5, 5.41) is 13.6. The Morgan fingerprint density at radius 2 is 1.73 bits per heavy atom. The Bertz CT molecular complexity index is 950. The maximum atomic E-state index is 9.48. The summed E-state index contributed by atoms with van der Waals surface area (Å²) in [6, 6.07) is 14.0. The van der Waals surface area contributed by atoms with Gasteiger partial charge in [-0.2, -0.15) is 5.26 Å². The molecule has 3 rings (SSSR count). The molecule has 0 radical (unpaired) electrons. The van der Waals surface area contributed by atoms with Crippen molar-refractivity contribution in [2.24, 2.45) is 0 Å². The lowest BCUT2D eigenvalue weighted by Crippen LogP contribution is -1.98. The van der Waals surface area contributed by atoms with Crippen LogP contribution in [0.15, 0.2) is 42.6 Å². The van der Waals surface area contributed by atoms with Gasteiger partial charge in [0.25, 0.3) is 0 Å². The Labute approximate surface area is 159 Å². The zero-order valence-corrected chi connectivity index (χ0v) is 15.7. The smallest absolute Gasteiger partial charge is 0.162 e. The molecule has 0 unspecified atom stereocenters. The average molecular weight is 370 g/mol. The van der Waals surface area contributed by atoms with E-state index in [4.69, 9.17) is 9.47 Å². The number of methoxy groups -OCH3 is 2. The van der Waals surface area contributed by atoms with Crippen molar-refractivity contribution in [2.75, 3.05) is 19.5 Å². The van der Waals surface area contributed by atoms with E-state index in [1.807, 2.05) is 18.2 Å². The van der Waals surface area contributed by atoms with E-state index in [2.05, 4.69) is 35.4 Å². The van der Waals surface area contributed by atoms with Gasteiger partial charge in [0.15, 0.2) is 11.5 Å². The normalized spacial score (nSPS) is 9.92. The van der Waals surface area contributed by atoms with E-state index in [1.165, 1.54) is 5.56 Å². The number of aryl methyl sites for hydroxylation is 1. The fourth-order valence-corrected chi connectivity index (χ4v) is 2.71. The van der Waals surface area contributed by atoms with Crippen LogP contribution in [0.4, 0.5) is 11.4 Å². The minimum absolute atomic E-state index is 0. The number of rotatable bonds is 5. The van der Waals surface area contributed by atoms with Crippen molar-refractivity contribution in [3.8, 4) is 17.6 Å². The van der Waals surface area contributed by atoms with Crippen LogP contribution in [0.25, 0.3) is 10.9 Å². The van der Waals surface area contributed by atoms with E-state index in [0.717, 1.165) is 23.0 Å². The molecule has 134 valence electrons. The van der Waals surface area contributed by atoms with Gasteiger partial charge in [0.2, 0.25) is 0 Å². The largest absolute Gasteiger partial charge is 0.493 e. The van der Waals surface area contributed by atoms with E-state index in [-0.39, 0.29) is 12.4 Å². The van der Waals surface area contributed by atoms with Gasteiger partial charge in [-0.25, -0.2) is 0 Å². The lowest BCUT2D eigenvalue weighted by molar-refractivity contribution is 0.356. The first-order chi connectivity index (χ1) is 12.2. The van der Waals surface area contributed by atoms with Crippen molar-refractivity contribution >= 4 is 34.7 Å². The second-order valence-corrected chi connectivity index (χ2v) is 5.56. The highest BCUT2D eigenvalue weighted by molar-refractivity contribution is 5.97. The molecule has 0 aliphatic rings. The Balaban J connectivity index is 0.00000243. The zero-order chi connectivity index (χ0) is 17.8. The molecule has 5 nitrogen and oxygen atoms in total. The summed E-state index contributed by atoms with van der Waals surface area (Å²) in [5.41, 5.74) is 4.08. The van der Waals surface area contributed by atoms with Gasteiger partial charge in [-0.05, 0) is 30.2 Å². The minimum atomic E-state index is 0. The second kappa shape index (κ2) is 8.41. The maximum Gasteiger partial charge on any atom is 0.162 e. The minimum Gasteiger partial charge on any atom is -0.493 e. The van der Waals surface area contributed by atoms with Crippen molar-refractivity contribution < 1.29 is 9.47 Å². The van der Waals surface area contributed by atoms with Gasteiger partial charge in [0.05, 0.1) is 31.0 Å². The van der Waals surface area contributed by atoms with Crippen LogP contribution in [0.5, 0.6) is 11.5 Å². The fraction of sp³-hybridized carbons (Fsp3) is 0.200. The first kappa shape index (κ1) is 19.4. The Morgan fingerprint density at radius 3 is 2.31 bits per heavy atom. The van der Waals surface area contributed by atoms with Crippen molar-refractivity contribution in [2.45, 2.75) is 13.3 Å². The SMILES string of the molecule is CCc1ccc(Nc2c(C#N)cnc3cc(OC)c(OC)cc23)cc1.Cl. The van der Waals surface area contributed by atoms with Crippen LogP contribution in [0.3, 0.4) is 0 Å². The molecule has 0 amide bonds. The molecule has 0 bridgehead atoms. The zero-order valence-electron chi connectivity index (χ0n) is 14.9. The number of aromatic nitrogens is 1. The third-order valence-electron chi connectivity index (χ3n) is 4.13. The van der Waals surface area contributed by atoms with Crippen LogP contribution in [-0.4, -0.2) is 19.2 Å². The van der Waals surface area contributed by atoms with Crippen LogP contribution in [-0.2, 0) is 6.42 Å². The second-order valence-electron chi connectivity index (χ2n) is 5.56. The molecule has 0 saturated heterocycles. The monoisotopic (exact) mass is 369 g/mol. The molecule has 3 aromatic rings. The number of nitrogens with one attached hydrogen (secondary N) is 1. The Hall–Kier alpha value is -2.97. The van der Waals surface area contributed by atoms with Crippen LogP contribution < -0.4 is 14.8 Å². The molecular weight excluding hydrogens is 350 g/mol. The van der Waals surface area contributed by atoms with Gasteiger partial charge in [-0.1, -0.05) is 19.1 Å². The van der Waals surface area contributed by atoms with E-state index < -0.39 is 0 Å². The Kier molecular flexibility index (Phi) is 6.26. The molecule has 2 aromatic carbocycles. The summed E-state index contributed by atoms with van der Waals surface area (Å²) >= 11 is 0. The number of benzene rings is 2. The lowest BCUT2D eigenvalue weighted by Gasteiger charge is -2.14. The summed E-state index contributed by atoms with van der Waals surface area (Å²) in [4.78, 5) is 4.37. The molecule has 0 aliphatic carbocycles. The number of fused-ring (bicyclic) bond motifs is 1. The highest BCUT2D eigenvalue weighted by Gasteiger charge is 2.14. The number of hydrogen-bond donors (Lipinski definition) is 1. The highest BCUT2D eigenvalue weighted by Crippen LogP contribution is 2.36. The molecular formula is C20H20ClN3O2. The van der Waals surface area contributed by atoms with E-state index in [0.29, 0.717) is 22.7 Å². The predicted molar refractivity (Wildman–Crippen MR) is 106 cm³/mol. The van der Waals surface area contributed by atoms with Gasteiger partial charge in [-0.3, -0.25) is 4.98 Å². The van der Waals surface area contributed by atoms with Crippen LogP contribution in [0, 0.1) is 11.3 Å². The molecule has 1 aromatic heterocycles. The molecule has 26 heavy (non-hydrogen) atoms. The third kappa shape index (κ3) is 3.66. The summed E-state index contributed by atoms with van der Waals surface area (Å²) in [5.74, 6) is 1.20. The maximum absolute atomic E-state index is 9.48. The summed E-state index contributed by atoms with van der Waals surface area (Å²) < 4.78 is 10.7. The Morgan fingerprint density at radius 1 is 1.08 bits per heavy atom. The first-order valence-corrected chi connectivity index (χ1v) is 8.01. The summed E-state index contributed by atoms with van der Waals surface area (Å²) in [7, 11) is 3.17. The number of hydrogen-bond acceptors (Lipinski definition) is 5. The van der Waals surface area contributed by atoms with Gasteiger partial charge in [0, 0.05) is 23.3 Å². The lowest BCUT2D eigenvalue weighted by atomic mass is 10.1. The molecule has 0 atom stereocenters. The number of ether oxygens (including phenoxy) is 2. The number of halogens is 1. The number of nitriles is 1. The van der Waals surface area contributed by atoms with Crippen LogP contribution >= 0.6 is 12.4 Å². The van der Waals surface area contributed by atoms with Gasteiger partial charge in [0.1, 0.15) is 6.07 Å². The molecule has 1 N–H and O–H groups in total. The topological polar surface area (TPSA) is 67.2 Å². The van der Waals surface area contributed by atoms with Crippen molar-refractivity contribution in [1.82, 2.24) is 4.98 Å². The molecule has 0 fully saturated rings. The molecule has 0 saturated carbocycles. The van der Waals surface area contributed by atoms with Crippen LogP contribution in [0.1, 0.15) is 18.1 Å². The molecule has 1 heterocycles. The molecule has 6 heteroatoms. The van der Waals surface area contributed by atoms with Gasteiger partial charge in [-0.15, -0.1) is 12.4 Å².